The minimum atomic E-state index is -0.421. The standard InChI is InChI=1S/C18H15FO3/c1-10-4-5-12(19)8-15(10)17(20)18-11(2)14-7-6-13(21-3)9-16(14)22-18/h4-9,20H,2H2,1,3H3/b18-17-. The fraction of sp³-hybridized carbons (Fsp3) is 0.111. The van der Waals surface area contributed by atoms with Crippen LogP contribution >= 0.6 is 0 Å². The lowest BCUT2D eigenvalue weighted by molar-refractivity contribution is 0.414. The number of aliphatic hydroxyl groups excluding tert-OH is 1. The number of halogens is 1. The molecule has 2 aromatic carbocycles. The Morgan fingerprint density at radius 3 is 2.73 bits per heavy atom. The van der Waals surface area contributed by atoms with Gasteiger partial charge in [0.2, 0.25) is 0 Å². The summed E-state index contributed by atoms with van der Waals surface area (Å²) in [6, 6.07) is 9.56. The van der Waals surface area contributed by atoms with Gasteiger partial charge in [0.1, 0.15) is 17.1 Å². The van der Waals surface area contributed by atoms with Crippen molar-refractivity contribution in [3.05, 3.63) is 64.0 Å². The molecule has 0 aliphatic rings. The number of fused-ring (bicyclic) bond motifs is 1. The summed E-state index contributed by atoms with van der Waals surface area (Å²) in [7, 11) is 1.57. The summed E-state index contributed by atoms with van der Waals surface area (Å²) in [6.07, 6.45) is 0. The Morgan fingerprint density at radius 2 is 2.00 bits per heavy atom. The zero-order valence-electron chi connectivity index (χ0n) is 12.3. The number of benzene rings is 2. The van der Waals surface area contributed by atoms with Crippen molar-refractivity contribution in [2.45, 2.75) is 6.92 Å². The Balaban J connectivity index is 2.34. The van der Waals surface area contributed by atoms with Crippen molar-refractivity contribution in [1.29, 1.82) is 0 Å². The average molecular weight is 298 g/mol. The summed E-state index contributed by atoms with van der Waals surface area (Å²) in [5.74, 6) is 0.0990. The van der Waals surface area contributed by atoms with Gasteiger partial charge >= 0.3 is 0 Å². The van der Waals surface area contributed by atoms with E-state index in [1.54, 1.807) is 32.2 Å². The number of furan rings is 1. The van der Waals surface area contributed by atoms with E-state index in [1.807, 2.05) is 6.07 Å². The molecule has 112 valence electrons. The summed E-state index contributed by atoms with van der Waals surface area (Å²) >= 11 is 0. The SMILES string of the molecule is C=c1/c(=C(/O)c2cc(F)ccc2C)oc2cc(OC)ccc12. The molecule has 3 rings (SSSR count). The first kappa shape index (κ1) is 14.2. The molecule has 3 nitrogen and oxygen atoms in total. The molecule has 1 aromatic heterocycles. The van der Waals surface area contributed by atoms with E-state index in [4.69, 9.17) is 9.15 Å². The van der Waals surface area contributed by atoms with E-state index in [-0.39, 0.29) is 11.2 Å². The Hall–Kier alpha value is -2.75. The van der Waals surface area contributed by atoms with Crippen LogP contribution in [0.4, 0.5) is 4.39 Å². The molecule has 0 saturated heterocycles. The maximum Gasteiger partial charge on any atom is 0.177 e. The van der Waals surface area contributed by atoms with Crippen LogP contribution in [-0.4, -0.2) is 12.2 Å². The van der Waals surface area contributed by atoms with Gasteiger partial charge in [-0.3, -0.25) is 0 Å². The number of aliphatic hydroxyl groups is 1. The van der Waals surface area contributed by atoms with Gasteiger partial charge in [-0.05, 0) is 36.8 Å². The van der Waals surface area contributed by atoms with Crippen molar-refractivity contribution in [2.24, 2.45) is 0 Å². The Kier molecular flexibility index (Phi) is 3.37. The van der Waals surface area contributed by atoms with Crippen LogP contribution in [-0.2, 0) is 0 Å². The number of hydrogen-bond acceptors (Lipinski definition) is 3. The van der Waals surface area contributed by atoms with E-state index in [9.17, 15) is 9.50 Å². The fourth-order valence-corrected chi connectivity index (χ4v) is 2.42. The van der Waals surface area contributed by atoms with Gasteiger partial charge in [0.15, 0.2) is 11.2 Å². The fourth-order valence-electron chi connectivity index (χ4n) is 2.42. The maximum atomic E-state index is 13.4. The van der Waals surface area contributed by atoms with E-state index >= 15 is 0 Å². The second-order valence-corrected chi connectivity index (χ2v) is 5.08. The normalized spacial score (nSPS) is 12.5. The van der Waals surface area contributed by atoms with Crippen LogP contribution in [0.3, 0.4) is 0 Å². The summed E-state index contributed by atoms with van der Waals surface area (Å²) in [5, 5.41) is 11.8. The highest BCUT2D eigenvalue weighted by Gasteiger charge is 2.11. The first-order chi connectivity index (χ1) is 10.5. The largest absolute Gasteiger partial charge is 0.504 e. The predicted molar refractivity (Wildman–Crippen MR) is 83.8 cm³/mol. The van der Waals surface area contributed by atoms with Gasteiger partial charge in [0.25, 0.3) is 0 Å². The van der Waals surface area contributed by atoms with Crippen LogP contribution in [0, 0.1) is 12.7 Å². The third-order valence-corrected chi connectivity index (χ3v) is 3.67. The van der Waals surface area contributed by atoms with Crippen molar-refractivity contribution in [3.63, 3.8) is 0 Å². The highest BCUT2D eigenvalue weighted by molar-refractivity contribution is 5.80. The molecule has 1 N–H and O–H groups in total. The number of aryl methyl sites for hydroxylation is 1. The van der Waals surface area contributed by atoms with Crippen molar-refractivity contribution in [3.8, 4) is 5.75 Å². The molecule has 0 saturated carbocycles. The first-order valence-corrected chi connectivity index (χ1v) is 6.76. The van der Waals surface area contributed by atoms with Gasteiger partial charge in [-0.25, -0.2) is 4.39 Å². The van der Waals surface area contributed by atoms with Crippen molar-refractivity contribution in [2.75, 3.05) is 7.11 Å². The molecule has 4 heteroatoms. The molecule has 0 atom stereocenters. The molecule has 0 radical (unpaired) electrons. The second-order valence-electron chi connectivity index (χ2n) is 5.08. The number of ether oxygens (including phenoxy) is 1. The number of rotatable bonds is 2. The molecule has 3 aromatic rings. The molecule has 0 amide bonds. The second kappa shape index (κ2) is 5.22. The molecule has 1 heterocycles. The maximum absolute atomic E-state index is 13.4. The van der Waals surface area contributed by atoms with Gasteiger partial charge in [-0.1, -0.05) is 12.6 Å². The molecular formula is C18H15FO3. The van der Waals surface area contributed by atoms with Crippen molar-refractivity contribution < 1.29 is 18.7 Å². The molecule has 0 bridgehead atoms. The highest BCUT2D eigenvalue weighted by Crippen LogP contribution is 2.19. The molecule has 0 aliphatic heterocycles. The monoisotopic (exact) mass is 298 g/mol. The third-order valence-electron chi connectivity index (χ3n) is 3.67. The van der Waals surface area contributed by atoms with Crippen LogP contribution in [0.15, 0.2) is 40.8 Å². The van der Waals surface area contributed by atoms with E-state index < -0.39 is 5.82 Å². The lowest BCUT2D eigenvalue weighted by atomic mass is 10.1. The van der Waals surface area contributed by atoms with Crippen molar-refractivity contribution >= 4 is 23.3 Å². The van der Waals surface area contributed by atoms with Crippen LogP contribution in [0.1, 0.15) is 11.1 Å². The highest BCUT2D eigenvalue weighted by atomic mass is 19.1. The van der Waals surface area contributed by atoms with Crippen LogP contribution in [0.5, 0.6) is 5.75 Å². The molecule has 22 heavy (non-hydrogen) atoms. The average Bonchev–Trinajstić information content (AvgIpc) is 2.85. The van der Waals surface area contributed by atoms with E-state index in [1.165, 1.54) is 12.1 Å². The summed E-state index contributed by atoms with van der Waals surface area (Å²) in [5.41, 5.74) is 1.92. The Morgan fingerprint density at radius 1 is 1.23 bits per heavy atom. The predicted octanol–water partition coefficient (Wildman–Crippen LogP) is 3.01. The smallest absolute Gasteiger partial charge is 0.177 e. The summed E-state index contributed by atoms with van der Waals surface area (Å²) in [4.78, 5) is 0. The van der Waals surface area contributed by atoms with Gasteiger partial charge in [-0.2, -0.15) is 0 Å². The molecule has 0 aliphatic carbocycles. The third kappa shape index (κ3) is 2.22. The van der Waals surface area contributed by atoms with Crippen LogP contribution < -0.4 is 15.4 Å². The number of hydrogen-bond donors (Lipinski definition) is 1. The summed E-state index contributed by atoms with van der Waals surface area (Å²) in [6.45, 7) is 5.74. The van der Waals surface area contributed by atoms with Crippen molar-refractivity contribution in [1.82, 2.24) is 0 Å². The molecular weight excluding hydrogens is 283 g/mol. The summed E-state index contributed by atoms with van der Waals surface area (Å²) < 4.78 is 24.3. The minimum absolute atomic E-state index is 0.128. The van der Waals surface area contributed by atoms with Gasteiger partial charge in [0, 0.05) is 22.2 Å². The quantitative estimate of drug-likeness (QED) is 0.791. The van der Waals surface area contributed by atoms with E-state index in [2.05, 4.69) is 6.58 Å². The topological polar surface area (TPSA) is 42.6 Å². The van der Waals surface area contributed by atoms with E-state index in [0.717, 1.165) is 10.9 Å². The van der Waals surface area contributed by atoms with Gasteiger partial charge in [-0.15, -0.1) is 0 Å². The molecule has 0 spiro atoms. The zero-order valence-corrected chi connectivity index (χ0v) is 12.3. The van der Waals surface area contributed by atoms with Crippen LogP contribution in [0.2, 0.25) is 0 Å². The Bertz CT molecular complexity index is 970. The molecule has 0 fully saturated rings. The van der Waals surface area contributed by atoms with E-state index in [0.29, 0.717) is 22.1 Å². The lowest BCUT2D eigenvalue weighted by Crippen LogP contribution is -2.22. The first-order valence-electron chi connectivity index (χ1n) is 6.76. The minimum Gasteiger partial charge on any atom is -0.504 e. The van der Waals surface area contributed by atoms with Gasteiger partial charge < -0.3 is 14.3 Å². The Labute approximate surface area is 126 Å². The van der Waals surface area contributed by atoms with Gasteiger partial charge in [0.05, 0.1) is 7.11 Å². The number of methoxy groups -OCH3 is 1. The lowest BCUT2D eigenvalue weighted by Gasteiger charge is -2.03. The molecule has 0 unspecified atom stereocenters. The van der Waals surface area contributed by atoms with Crippen LogP contribution in [0.25, 0.3) is 23.3 Å². The zero-order chi connectivity index (χ0) is 15.9.